The molecule has 0 saturated heterocycles. The Kier molecular flexibility index (Phi) is 11.4. The summed E-state index contributed by atoms with van der Waals surface area (Å²) in [4.78, 5) is 11.1. The van der Waals surface area contributed by atoms with Gasteiger partial charge in [0.1, 0.15) is 5.60 Å². The van der Waals surface area contributed by atoms with Crippen molar-refractivity contribution in [2.75, 3.05) is 0 Å². The molecule has 0 heterocycles. The van der Waals surface area contributed by atoms with E-state index in [1.165, 1.54) is 0 Å². The van der Waals surface area contributed by atoms with Crippen LogP contribution in [0.2, 0.25) is 0 Å². The summed E-state index contributed by atoms with van der Waals surface area (Å²) in [6, 6.07) is 0.305. The normalized spacial score (nSPS) is 14.5. The molecule has 1 fully saturated rings. The van der Waals surface area contributed by atoms with E-state index in [0.29, 0.717) is 6.04 Å². The van der Waals surface area contributed by atoms with Crippen LogP contribution in [0.25, 0.3) is 0 Å². The maximum Gasteiger partial charge on any atom is 1.00 e. The van der Waals surface area contributed by atoms with Crippen molar-refractivity contribution in [3.05, 3.63) is 6.42 Å². The minimum atomic E-state index is -3.67. The van der Waals surface area contributed by atoms with E-state index in [0.717, 1.165) is 12.8 Å². The molecule has 0 aromatic heterocycles. The van der Waals surface area contributed by atoms with Gasteiger partial charge in [-0.2, -0.15) is 12.8 Å². The molecule has 17 heavy (non-hydrogen) atoms. The molecule has 1 amide bonds. The number of hydrogen-bond donors (Lipinski definition) is 1. The Hall–Kier alpha value is 0.761. The minimum Gasteiger partial charge on any atom is -0.444 e. The zero-order valence-electron chi connectivity index (χ0n) is 10.6. The van der Waals surface area contributed by atoms with Crippen molar-refractivity contribution >= 4 is 13.6 Å². The molecule has 0 aliphatic heterocycles. The van der Waals surface area contributed by atoms with Crippen LogP contribution in [0.4, 0.5) is 17.7 Å². The number of alkyl carbamates (subject to hydrolysis) is 1. The van der Waals surface area contributed by atoms with Gasteiger partial charge in [-0.25, -0.2) is 4.79 Å². The van der Waals surface area contributed by atoms with Gasteiger partial charge in [-0.15, -0.1) is 0 Å². The van der Waals surface area contributed by atoms with Crippen LogP contribution in [-0.2, 0) is 4.74 Å². The van der Waals surface area contributed by atoms with Gasteiger partial charge in [0.05, 0.1) is 0 Å². The van der Waals surface area contributed by atoms with Gasteiger partial charge < -0.3 is 16.5 Å². The molecule has 0 spiro atoms. The van der Waals surface area contributed by atoms with E-state index in [4.69, 9.17) is 4.74 Å². The molecule has 0 bridgehead atoms. The van der Waals surface area contributed by atoms with Crippen LogP contribution >= 0.6 is 0 Å². The van der Waals surface area contributed by atoms with Gasteiger partial charge in [0.25, 0.3) is 0 Å². The van der Waals surface area contributed by atoms with Gasteiger partial charge in [0.2, 0.25) is 0 Å². The molecular weight excluding hydrogens is 261 g/mol. The van der Waals surface area contributed by atoms with Crippen molar-refractivity contribution < 1.29 is 73.9 Å². The quantitative estimate of drug-likeness (QED) is 0.531. The number of nitrogens with one attached hydrogen (secondary N) is 1. The van der Waals surface area contributed by atoms with E-state index in [-0.39, 0.29) is 57.5 Å². The Morgan fingerprint density at radius 1 is 1.35 bits per heavy atom. The van der Waals surface area contributed by atoms with Crippen molar-refractivity contribution in [3.8, 4) is 0 Å². The average Bonchev–Trinajstić information content (AvgIpc) is 1.92. The van der Waals surface area contributed by atoms with Crippen LogP contribution in [-0.4, -0.2) is 25.3 Å². The summed E-state index contributed by atoms with van der Waals surface area (Å²) < 4.78 is 34.1. The average molecular weight is 277 g/mol. The molecule has 3 nitrogen and oxygen atoms in total. The fourth-order valence-corrected chi connectivity index (χ4v) is 0.925. The number of carbonyl (C=O) groups is 1. The van der Waals surface area contributed by atoms with E-state index in [2.05, 4.69) is 11.7 Å². The summed E-state index contributed by atoms with van der Waals surface area (Å²) >= 11 is 0. The summed E-state index contributed by atoms with van der Waals surface area (Å²) in [6.07, 6.45) is 3.78. The SMILES string of the molecule is CC(C)(C)OC(=O)NC1C[CH-]C1.FB(F)F.[K+]. The van der Waals surface area contributed by atoms with Crippen LogP contribution in [0, 0.1) is 6.42 Å². The predicted octanol–water partition coefficient (Wildman–Crippen LogP) is -0.238. The van der Waals surface area contributed by atoms with E-state index in [1.54, 1.807) is 0 Å². The van der Waals surface area contributed by atoms with Crippen molar-refractivity contribution in [1.82, 2.24) is 5.32 Å². The largest absolute Gasteiger partial charge is 1.00 e. The van der Waals surface area contributed by atoms with Gasteiger partial charge >= 0.3 is 65.0 Å². The second kappa shape index (κ2) is 9.66. The number of carbonyl (C=O) groups excluding carboxylic acids is 1. The Morgan fingerprint density at radius 2 is 1.76 bits per heavy atom. The van der Waals surface area contributed by atoms with E-state index < -0.39 is 13.1 Å². The van der Waals surface area contributed by atoms with Gasteiger partial charge in [0.15, 0.2) is 0 Å². The van der Waals surface area contributed by atoms with Crippen LogP contribution in [0.3, 0.4) is 0 Å². The smallest absolute Gasteiger partial charge is 0.444 e. The molecule has 1 saturated carbocycles. The van der Waals surface area contributed by atoms with Crippen molar-refractivity contribution in [2.24, 2.45) is 0 Å². The topological polar surface area (TPSA) is 38.3 Å². The minimum absolute atomic E-state index is 0. The molecule has 0 unspecified atom stereocenters. The van der Waals surface area contributed by atoms with E-state index in [1.807, 2.05) is 20.8 Å². The summed E-state index contributed by atoms with van der Waals surface area (Å²) in [7, 11) is -3.67. The van der Waals surface area contributed by atoms with Crippen molar-refractivity contribution in [3.63, 3.8) is 0 Å². The fourth-order valence-electron chi connectivity index (χ4n) is 0.925. The molecule has 1 rings (SSSR count). The maximum absolute atomic E-state index is 11.1. The van der Waals surface area contributed by atoms with Gasteiger partial charge in [-0.1, -0.05) is 0 Å². The summed E-state index contributed by atoms with van der Waals surface area (Å²) in [5.74, 6) is 0. The Labute approximate surface area is 143 Å². The number of halogens is 3. The first kappa shape index (κ1) is 20.1. The maximum atomic E-state index is 11.1. The van der Waals surface area contributed by atoms with Gasteiger partial charge in [-0.3, -0.25) is 12.9 Å². The predicted molar refractivity (Wildman–Crippen MR) is 55.8 cm³/mol. The number of rotatable bonds is 1. The molecule has 0 atom stereocenters. The van der Waals surface area contributed by atoms with Crippen LogP contribution < -0.4 is 56.7 Å². The molecule has 8 heteroatoms. The second-order valence-electron chi connectivity index (χ2n) is 4.35. The molecule has 94 valence electrons. The summed E-state index contributed by atoms with van der Waals surface area (Å²) in [5.41, 5.74) is -0.391. The molecule has 1 aliphatic rings. The van der Waals surface area contributed by atoms with Crippen LogP contribution in [0.1, 0.15) is 33.6 Å². The van der Waals surface area contributed by atoms with E-state index in [9.17, 15) is 17.7 Å². The first-order valence-electron chi connectivity index (χ1n) is 4.94. The molecule has 1 aliphatic carbocycles. The zero-order valence-corrected chi connectivity index (χ0v) is 13.7. The molecular formula is C9H16BF3KNO2. The van der Waals surface area contributed by atoms with Crippen LogP contribution in [0.5, 0.6) is 0 Å². The molecule has 1 N–H and O–H groups in total. The van der Waals surface area contributed by atoms with Gasteiger partial charge in [-0.05, 0) is 26.8 Å². The third-order valence-electron chi connectivity index (χ3n) is 1.62. The Bertz CT molecular complexity index is 220. The number of ether oxygens (including phenoxy) is 1. The first-order valence-corrected chi connectivity index (χ1v) is 4.94. The first-order chi connectivity index (χ1) is 7.20. The molecule has 0 aromatic rings. The Morgan fingerprint density at radius 3 is 2.00 bits per heavy atom. The standard InChI is InChI=1S/C9H16NO2.BF3.K/c1-9(2,3)12-8(11)10-7-5-4-6-7;2-1(3)4;/h4,7H,5-6H2,1-3H3,(H,10,11);;/q-1;;+1. The summed E-state index contributed by atoms with van der Waals surface area (Å²) in [5, 5.41) is 2.78. The van der Waals surface area contributed by atoms with Crippen molar-refractivity contribution in [1.29, 1.82) is 0 Å². The van der Waals surface area contributed by atoms with Crippen molar-refractivity contribution in [2.45, 2.75) is 45.3 Å². The second-order valence-corrected chi connectivity index (χ2v) is 4.35. The van der Waals surface area contributed by atoms with Gasteiger partial charge in [0, 0.05) is 0 Å². The monoisotopic (exact) mass is 277 g/mol. The molecule has 0 aromatic carbocycles. The Balaban J connectivity index is 0. The third kappa shape index (κ3) is 14.7. The molecule has 0 radical (unpaired) electrons. The zero-order chi connectivity index (χ0) is 12.8. The third-order valence-corrected chi connectivity index (χ3v) is 1.62. The van der Waals surface area contributed by atoms with E-state index >= 15 is 0 Å². The number of amides is 1. The fraction of sp³-hybridized carbons (Fsp3) is 0.778. The number of hydrogen-bond acceptors (Lipinski definition) is 2. The summed E-state index contributed by atoms with van der Waals surface area (Å²) in [6.45, 7) is 5.58. The van der Waals surface area contributed by atoms with Crippen LogP contribution in [0.15, 0.2) is 0 Å².